The van der Waals surface area contributed by atoms with E-state index >= 15 is 0 Å². The van der Waals surface area contributed by atoms with Crippen LogP contribution in [0.15, 0.2) is 66.7 Å². The first-order chi connectivity index (χ1) is 9.83. The predicted molar refractivity (Wildman–Crippen MR) is 85.7 cm³/mol. The molecule has 0 bridgehead atoms. The van der Waals surface area contributed by atoms with Gasteiger partial charge >= 0.3 is 0 Å². The summed E-state index contributed by atoms with van der Waals surface area (Å²) in [6, 6.07) is 23.7. The summed E-state index contributed by atoms with van der Waals surface area (Å²) >= 11 is 0. The average molecular weight is 261 g/mol. The summed E-state index contributed by atoms with van der Waals surface area (Å²) in [5, 5.41) is 6.18. The molecule has 1 nitrogen and oxygen atoms in total. The van der Waals surface area contributed by atoms with E-state index in [1.807, 2.05) is 0 Å². The number of aryl methyl sites for hydroxylation is 1. The van der Waals surface area contributed by atoms with Crippen molar-refractivity contribution in [3.8, 4) is 0 Å². The minimum Gasteiger partial charge on any atom is -0.309 e. The second kappa shape index (κ2) is 5.89. The van der Waals surface area contributed by atoms with Crippen LogP contribution in [0, 0.1) is 6.92 Å². The third-order valence-corrected chi connectivity index (χ3v) is 3.61. The summed E-state index contributed by atoms with van der Waals surface area (Å²) in [6.07, 6.45) is 0. The molecular formula is C19H19N. The van der Waals surface area contributed by atoms with Crippen LogP contribution in [-0.2, 0) is 13.1 Å². The summed E-state index contributed by atoms with van der Waals surface area (Å²) in [7, 11) is 0. The number of benzene rings is 3. The third kappa shape index (κ3) is 2.89. The predicted octanol–water partition coefficient (Wildman–Crippen LogP) is 4.44. The first-order valence-corrected chi connectivity index (χ1v) is 7.06. The van der Waals surface area contributed by atoms with Crippen molar-refractivity contribution in [1.29, 1.82) is 0 Å². The molecule has 0 fully saturated rings. The molecule has 0 saturated heterocycles. The molecule has 20 heavy (non-hydrogen) atoms. The lowest BCUT2D eigenvalue weighted by atomic mass is 10.0. The second-order valence-corrected chi connectivity index (χ2v) is 5.23. The molecule has 100 valence electrons. The SMILES string of the molecule is Cc1cccc(CNCc2cccc3ccccc23)c1. The second-order valence-electron chi connectivity index (χ2n) is 5.23. The van der Waals surface area contributed by atoms with Crippen LogP contribution in [0.4, 0.5) is 0 Å². The molecule has 0 radical (unpaired) electrons. The number of fused-ring (bicyclic) bond motifs is 1. The summed E-state index contributed by atoms with van der Waals surface area (Å²) in [6.45, 7) is 3.94. The van der Waals surface area contributed by atoms with Gasteiger partial charge in [0.25, 0.3) is 0 Å². The van der Waals surface area contributed by atoms with Gasteiger partial charge in [0, 0.05) is 13.1 Å². The molecule has 0 unspecified atom stereocenters. The summed E-state index contributed by atoms with van der Waals surface area (Å²) in [5.41, 5.74) is 4.01. The van der Waals surface area contributed by atoms with Crippen molar-refractivity contribution in [1.82, 2.24) is 5.32 Å². The van der Waals surface area contributed by atoms with Crippen molar-refractivity contribution in [2.75, 3.05) is 0 Å². The van der Waals surface area contributed by atoms with Crippen molar-refractivity contribution >= 4 is 10.8 Å². The van der Waals surface area contributed by atoms with Crippen molar-refractivity contribution in [2.45, 2.75) is 20.0 Å². The van der Waals surface area contributed by atoms with Crippen LogP contribution in [-0.4, -0.2) is 0 Å². The van der Waals surface area contributed by atoms with Gasteiger partial charge in [0.05, 0.1) is 0 Å². The Kier molecular flexibility index (Phi) is 3.80. The van der Waals surface area contributed by atoms with Crippen LogP contribution in [0.2, 0.25) is 0 Å². The van der Waals surface area contributed by atoms with Gasteiger partial charge < -0.3 is 5.32 Å². The number of nitrogens with one attached hydrogen (secondary N) is 1. The maximum absolute atomic E-state index is 3.54. The van der Waals surface area contributed by atoms with E-state index in [1.165, 1.54) is 27.5 Å². The van der Waals surface area contributed by atoms with E-state index in [0.29, 0.717) is 0 Å². The van der Waals surface area contributed by atoms with Gasteiger partial charge in [-0.15, -0.1) is 0 Å². The smallest absolute Gasteiger partial charge is 0.0214 e. The molecule has 0 heterocycles. The first kappa shape index (κ1) is 12.9. The Morgan fingerprint density at radius 2 is 1.60 bits per heavy atom. The first-order valence-electron chi connectivity index (χ1n) is 7.06. The Hall–Kier alpha value is -2.12. The normalized spacial score (nSPS) is 10.8. The van der Waals surface area contributed by atoms with Crippen molar-refractivity contribution in [3.05, 3.63) is 83.4 Å². The monoisotopic (exact) mass is 261 g/mol. The Bertz CT molecular complexity index is 710. The van der Waals surface area contributed by atoms with Crippen LogP contribution in [0.25, 0.3) is 10.8 Å². The quantitative estimate of drug-likeness (QED) is 0.732. The van der Waals surface area contributed by atoms with Gasteiger partial charge in [-0.05, 0) is 28.8 Å². The molecule has 0 aliphatic heterocycles. The molecular weight excluding hydrogens is 242 g/mol. The topological polar surface area (TPSA) is 12.0 Å². The van der Waals surface area contributed by atoms with Gasteiger partial charge in [0.2, 0.25) is 0 Å². The molecule has 3 aromatic carbocycles. The van der Waals surface area contributed by atoms with E-state index in [9.17, 15) is 0 Å². The molecule has 0 aromatic heterocycles. The van der Waals surface area contributed by atoms with E-state index in [-0.39, 0.29) is 0 Å². The average Bonchev–Trinajstić information content (AvgIpc) is 2.48. The van der Waals surface area contributed by atoms with Gasteiger partial charge in [0.1, 0.15) is 0 Å². The maximum atomic E-state index is 3.54. The number of hydrogen-bond acceptors (Lipinski definition) is 1. The van der Waals surface area contributed by atoms with Crippen LogP contribution in [0.1, 0.15) is 16.7 Å². The van der Waals surface area contributed by atoms with Crippen molar-refractivity contribution in [3.63, 3.8) is 0 Å². The minimum absolute atomic E-state index is 0.898. The number of hydrogen-bond donors (Lipinski definition) is 1. The largest absolute Gasteiger partial charge is 0.309 e. The van der Waals surface area contributed by atoms with Gasteiger partial charge in [-0.2, -0.15) is 0 Å². The Morgan fingerprint density at radius 1 is 0.800 bits per heavy atom. The third-order valence-electron chi connectivity index (χ3n) is 3.61. The Labute approximate surface area is 120 Å². The minimum atomic E-state index is 0.898. The lowest BCUT2D eigenvalue weighted by Crippen LogP contribution is -2.12. The lowest BCUT2D eigenvalue weighted by molar-refractivity contribution is 0.696. The van der Waals surface area contributed by atoms with Crippen molar-refractivity contribution < 1.29 is 0 Å². The molecule has 3 rings (SSSR count). The zero-order chi connectivity index (χ0) is 13.8. The van der Waals surface area contributed by atoms with Gasteiger partial charge in [-0.1, -0.05) is 72.3 Å². The van der Waals surface area contributed by atoms with E-state index in [0.717, 1.165) is 13.1 Å². The molecule has 1 N–H and O–H groups in total. The van der Waals surface area contributed by atoms with E-state index in [1.54, 1.807) is 0 Å². The Balaban J connectivity index is 1.71. The van der Waals surface area contributed by atoms with E-state index in [2.05, 4.69) is 79.0 Å². The van der Waals surface area contributed by atoms with Crippen LogP contribution >= 0.6 is 0 Å². The zero-order valence-electron chi connectivity index (χ0n) is 11.8. The fourth-order valence-electron chi connectivity index (χ4n) is 2.61. The van der Waals surface area contributed by atoms with Gasteiger partial charge in [-0.3, -0.25) is 0 Å². The fourth-order valence-corrected chi connectivity index (χ4v) is 2.61. The highest BCUT2D eigenvalue weighted by Gasteiger charge is 2.00. The van der Waals surface area contributed by atoms with Crippen LogP contribution in [0.3, 0.4) is 0 Å². The van der Waals surface area contributed by atoms with Gasteiger partial charge in [-0.25, -0.2) is 0 Å². The maximum Gasteiger partial charge on any atom is 0.0214 e. The molecule has 0 spiro atoms. The summed E-state index contributed by atoms with van der Waals surface area (Å²) in [5.74, 6) is 0. The highest BCUT2D eigenvalue weighted by molar-refractivity contribution is 5.85. The van der Waals surface area contributed by atoms with E-state index in [4.69, 9.17) is 0 Å². The lowest BCUT2D eigenvalue weighted by Gasteiger charge is -2.09. The summed E-state index contributed by atoms with van der Waals surface area (Å²) in [4.78, 5) is 0. The molecule has 0 amide bonds. The molecule has 0 saturated carbocycles. The highest BCUT2D eigenvalue weighted by Crippen LogP contribution is 2.18. The fraction of sp³-hybridized carbons (Fsp3) is 0.158. The Morgan fingerprint density at radius 3 is 2.50 bits per heavy atom. The highest BCUT2D eigenvalue weighted by atomic mass is 14.8. The standard InChI is InChI=1S/C19H19N/c1-15-6-4-7-16(12-15)13-20-14-18-10-5-9-17-8-2-3-11-19(17)18/h2-12,20H,13-14H2,1H3. The van der Waals surface area contributed by atoms with Crippen molar-refractivity contribution in [2.24, 2.45) is 0 Å². The van der Waals surface area contributed by atoms with Gasteiger partial charge in [0.15, 0.2) is 0 Å². The zero-order valence-corrected chi connectivity index (χ0v) is 11.8. The molecule has 0 aliphatic carbocycles. The molecule has 0 atom stereocenters. The molecule has 0 aliphatic rings. The number of rotatable bonds is 4. The van der Waals surface area contributed by atoms with E-state index < -0.39 is 0 Å². The van der Waals surface area contributed by atoms with Crippen LogP contribution in [0.5, 0.6) is 0 Å². The molecule has 3 aromatic rings. The molecule has 1 heteroatoms. The summed E-state index contributed by atoms with van der Waals surface area (Å²) < 4.78 is 0. The van der Waals surface area contributed by atoms with Crippen LogP contribution < -0.4 is 5.32 Å².